The lowest BCUT2D eigenvalue weighted by atomic mass is 9.45. The number of rotatable bonds is 2. The summed E-state index contributed by atoms with van der Waals surface area (Å²) in [4.78, 5) is 14.2. The van der Waals surface area contributed by atoms with Crippen molar-refractivity contribution in [1.82, 2.24) is 4.90 Å². The summed E-state index contributed by atoms with van der Waals surface area (Å²) in [6.07, 6.45) is 10.7. The van der Waals surface area contributed by atoms with E-state index in [9.17, 15) is 9.90 Å². The number of nitrogens with zero attached hydrogens (tertiary/aromatic N) is 1. The smallest absolute Gasteiger partial charge is 0.237 e. The number of carbonyl (C=O) groups is 1. The Bertz CT molecular complexity index is 568. The summed E-state index contributed by atoms with van der Waals surface area (Å²) < 4.78 is 0. The van der Waals surface area contributed by atoms with Crippen LogP contribution in [0.4, 0.5) is 0 Å². The van der Waals surface area contributed by atoms with Crippen molar-refractivity contribution >= 4 is 17.5 Å². The average molecular weight is 382 g/mol. The number of aliphatic hydroxyl groups is 1. The van der Waals surface area contributed by atoms with Gasteiger partial charge in [0.15, 0.2) is 0 Å². The topological polar surface area (TPSA) is 40.5 Å². The third-order valence-electron chi connectivity index (χ3n) is 9.56. The fraction of sp³-hybridized carbons (Fsp3) is 0.955. The average Bonchev–Trinajstić information content (AvgIpc) is 2.98. The van der Waals surface area contributed by atoms with E-state index in [1.165, 1.54) is 38.5 Å². The van der Waals surface area contributed by atoms with Gasteiger partial charge in [-0.3, -0.25) is 4.79 Å². The second-order valence-corrected chi connectivity index (χ2v) is 10.6. The van der Waals surface area contributed by atoms with Gasteiger partial charge < -0.3 is 10.0 Å². The molecule has 0 aliphatic heterocycles. The van der Waals surface area contributed by atoms with Crippen LogP contribution >= 0.6 is 11.6 Å². The molecule has 0 saturated heterocycles. The third kappa shape index (κ3) is 2.67. The molecule has 0 spiro atoms. The molecular weight excluding hydrogens is 346 g/mol. The molecule has 0 unspecified atom stereocenters. The van der Waals surface area contributed by atoms with E-state index in [-0.39, 0.29) is 23.3 Å². The molecule has 4 aliphatic carbocycles. The molecule has 4 aliphatic rings. The summed E-state index contributed by atoms with van der Waals surface area (Å²) in [6.45, 7) is 5.00. The summed E-state index contributed by atoms with van der Waals surface area (Å²) in [5.41, 5.74) is 0.689. The Morgan fingerprint density at radius 1 is 1.04 bits per heavy atom. The van der Waals surface area contributed by atoms with Crippen molar-refractivity contribution in [2.24, 2.45) is 34.5 Å². The van der Waals surface area contributed by atoms with Crippen molar-refractivity contribution < 1.29 is 9.90 Å². The van der Waals surface area contributed by atoms with Crippen LogP contribution in [0.5, 0.6) is 0 Å². The highest BCUT2D eigenvalue weighted by atomic mass is 35.5. The van der Waals surface area contributed by atoms with Crippen molar-refractivity contribution in [2.75, 3.05) is 12.9 Å². The van der Waals surface area contributed by atoms with E-state index in [2.05, 4.69) is 13.8 Å². The fourth-order valence-corrected chi connectivity index (χ4v) is 8.30. The Morgan fingerprint density at radius 3 is 2.46 bits per heavy atom. The normalized spacial score (nSPS) is 50.5. The highest BCUT2D eigenvalue weighted by Crippen LogP contribution is 2.66. The van der Waals surface area contributed by atoms with Crippen LogP contribution in [0.15, 0.2) is 0 Å². The highest BCUT2D eigenvalue weighted by Gasteiger charge is 2.60. The van der Waals surface area contributed by atoms with Gasteiger partial charge in [-0.05, 0) is 92.3 Å². The van der Waals surface area contributed by atoms with Gasteiger partial charge in [-0.2, -0.15) is 0 Å². The van der Waals surface area contributed by atoms with Gasteiger partial charge in [0.1, 0.15) is 5.88 Å². The lowest BCUT2D eigenvalue weighted by Gasteiger charge is -2.61. The fourth-order valence-electron chi connectivity index (χ4n) is 8.11. The van der Waals surface area contributed by atoms with E-state index in [0.29, 0.717) is 11.5 Å². The SMILES string of the molecule is CN(C(=O)CCl)[C@@H]1CC[C@H]2[C@@H]3CC[C@H]4C[C@H](O)CC[C@]4(C)[C@H]3CC[C@@]21C. The van der Waals surface area contributed by atoms with Gasteiger partial charge in [-0.15, -0.1) is 11.6 Å². The minimum absolute atomic E-state index is 0.0652. The van der Waals surface area contributed by atoms with Gasteiger partial charge >= 0.3 is 0 Å². The minimum Gasteiger partial charge on any atom is -0.393 e. The molecule has 1 amide bonds. The van der Waals surface area contributed by atoms with Crippen molar-refractivity contribution in [3.63, 3.8) is 0 Å². The highest BCUT2D eigenvalue weighted by molar-refractivity contribution is 6.27. The molecule has 4 heteroatoms. The molecular formula is C22H36ClNO2. The van der Waals surface area contributed by atoms with Gasteiger partial charge in [-0.25, -0.2) is 0 Å². The maximum Gasteiger partial charge on any atom is 0.237 e. The van der Waals surface area contributed by atoms with Crippen LogP contribution in [0.25, 0.3) is 0 Å². The molecule has 1 N–H and O–H groups in total. The van der Waals surface area contributed by atoms with E-state index in [1.54, 1.807) is 0 Å². The molecule has 0 aromatic carbocycles. The first kappa shape index (κ1) is 19.1. The first-order valence-electron chi connectivity index (χ1n) is 10.8. The van der Waals surface area contributed by atoms with E-state index in [4.69, 9.17) is 11.6 Å². The van der Waals surface area contributed by atoms with Crippen LogP contribution in [-0.4, -0.2) is 41.0 Å². The van der Waals surface area contributed by atoms with Gasteiger partial charge in [-0.1, -0.05) is 13.8 Å². The second-order valence-electron chi connectivity index (χ2n) is 10.4. The number of amides is 1. The van der Waals surface area contributed by atoms with Crippen molar-refractivity contribution in [2.45, 2.75) is 83.8 Å². The van der Waals surface area contributed by atoms with Crippen molar-refractivity contribution in [3.05, 3.63) is 0 Å². The zero-order valence-electron chi connectivity index (χ0n) is 16.7. The van der Waals surface area contributed by atoms with Crippen LogP contribution in [0, 0.1) is 34.5 Å². The summed E-state index contributed by atoms with van der Waals surface area (Å²) in [6, 6.07) is 0.360. The van der Waals surface area contributed by atoms with E-state index in [0.717, 1.165) is 42.9 Å². The molecule has 8 atom stereocenters. The van der Waals surface area contributed by atoms with Gasteiger partial charge in [0.25, 0.3) is 0 Å². The predicted octanol–water partition coefficient (Wildman–Crippen LogP) is 4.46. The van der Waals surface area contributed by atoms with Gasteiger partial charge in [0.05, 0.1) is 6.10 Å². The lowest BCUT2D eigenvalue weighted by molar-refractivity contribution is -0.140. The summed E-state index contributed by atoms with van der Waals surface area (Å²) >= 11 is 5.85. The van der Waals surface area contributed by atoms with Gasteiger partial charge in [0.2, 0.25) is 5.91 Å². The Kier molecular flexibility index (Phi) is 4.88. The molecule has 3 nitrogen and oxygen atoms in total. The van der Waals surface area contributed by atoms with Crippen molar-refractivity contribution in [3.8, 4) is 0 Å². The van der Waals surface area contributed by atoms with Crippen molar-refractivity contribution in [1.29, 1.82) is 0 Å². The van der Waals surface area contributed by atoms with Crippen LogP contribution in [-0.2, 0) is 4.79 Å². The maximum absolute atomic E-state index is 12.2. The van der Waals surface area contributed by atoms with E-state index < -0.39 is 0 Å². The van der Waals surface area contributed by atoms with Crippen LogP contribution < -0.4 is 0 Å². The number of aliphatic hydroxyl groups excluding tert-OH is 1. The lowest BCUT2D eigenvalue weighted by Crippen LogP contribution is -2.56. The van der Waals surface area contributed by atoms with Crippen LogP contribution in [0.3, 0.4) is 0 Å². The standard InChI is InChI=1S/C22H36ClNO2/c1-21-10-8-15(25)12-14(21)4-5-16-17-6-7-19(24(3)20(26)13-23)22(17,2)11-9-18(16)21/h14-19,25H,4-13H2,1-3H3/t14-,15+,16-,17-,18-,19+,21-,22-/m0/s1. The largest absolute Gasteiger partial charge is 0.393 e. The zero-order valence-corrected chi connectivity index (χ0v) is 17.5. The van der Waals surface area contributed by atoms with Gasteiger partial charge in [0, 0.05) is 13.1 Å². The zero-order chi connectivity index (χ0) is 18.7. The molecule has 0 aromatic heterocycles. The molecule has 0 heterocycles. The number of halogens is 1. The number of alkyl halides is 1. The van der Waals surface area contributed by atoms with Crippen LogP contribution in [0.1, 0.15) is 71.6 Å². The monoisotopic (exact) mass is 381 g/mol. The van der Waals surface area contributed by atoms with E-state index in [1.807, 2.05) is 11.9 Å². The molecule has 26 heavy (non-hydrogen) atoms. The summed E-state index contributed by atoms with van der Waals surface area (Å²) in [7, 11) is 1.97. The maximum atomic E-state index is 12.2. The molecule has 0 aromatic rings. The number of carbonyl (C=O) groups excluding carboxylic acids is 1. The second kappa shape index (κ2) is 6.65. The summed E-state index contributed by atoms with van der Waals surface area (Å²) in [5, 5.41) is 10.2. The Labute approximate surface area is 163 Å². The molecule has 4 saturated carbocycles. The number of hydrogen-bond acceptors (Lipinski definition) is 2. The molecule has 0 radical (unpaired) electrons. The summed E-state index contributed by atoms with van der Waals surface area (Å²) in [5.74, 6) is 3.28. The Morgan fingerprint density at radius 2 is 1.73 bits per heavy atom. The third-order valence-corrected chi connectivity index (χ3v) is 9.79. The molecule has 0 bridgehead atoms. The quantitative estimate of drug-likeness (QED) is 0.717. The van der Waals surface area contributed by atoms with Crippen LogP contribution in [0.2, 0.25) is 0 Å². The molecule has 4 rings (SSSR count). The number of fused-ring (bicyclic) bond motifs is 5. The number of hydrogen-bond donors (Lipinski definition) is 1. The Balaban J connectivity index is 1.57. The van der Waals surface area contributed by atoms with E-state index >= 15 is 0 Å². The Hall–Kier alpha value is -0.280. The first-order chi connectivity index (χ1) is 12.3. The predicted molar refractivity (Wildman–Crippen MR) is 105 cm³/mol. The molecule has 4 fully saturated rings. The minimum atomic E-state index is -0.0652. The first-order valence-corrected chi connectivity index (χ1v) is 11.3. The molecule has 148 valence electrons.